The number of nitrogens with zero attached hydrogens (tertiary/aromatic N) is 1. The first kappa shape index (κ1) is 11.0. The van der Waals surface area contributed by atoms with Crippen LogP contribution < -0.4 is 0 Å². The van der Waals surface area contributed by atoms with E-state index in [1.54, 1.807) is 0 Å². The van der Waals surface area contributed by atoms with Crippen LogP contribution in [0.2, 0.25) is 0 Å². The van der Waals surface area contributed by atoms with Gasteiger partial charge in [-0.25, -0.2) is 0 Å². The minimum atomic E-state index is -0.319. The first-order valence-corrected chi connectivity index (χ1v) is 5.20. The number of hydrogen-bond donors (Lipinski definition) is 1. The van der Waals surface area contributed by atoms with E-state index < -0.39 is 0 Å². The molecule has 3 heteroatoms. The van der Waals surface area contributed by atoms with Crippen LogP contribution in [0, 0.1) is 0 Å². The summed E-state index contributed by atoms with van der Waals surface area (Å²) in [6, 6.07) is 0. The summed E-state index contributed by atoms with van der Waals surface area (Å²) in [4.78, 5) is 2.30. The molecule has 1 atom stereocenters. The third-order valence-electron chi connectivity index (χ3n) is 2.29. The zero-order valence-corrected chi connectivity index (χ0v) is 8.70. The Balaban J connectivity index is 2.05. The summed E-state index contributed by atoms with van der Waals surface area (Å²) in [5.41, 5.74) is 0. The average Bonchev–Trinajstić information content (AvgIpc) is 2.53. The zero-order chi connectivity index (χ0) is 9.68. The van der Waals surface area contributed by atoms with Crippen LogP contribution in [0.5, 0.6) is 0 Å². The highest BCUT2D eigenvalue weighted by molar-refractivity contribution is 4.69. The van der Waals surface area contributed by atoms with Crippen molar-refractivity contribution in [2.24, 2.45) is 0 Å². The summed E-state index contributed by atoms with van der Waals surface area (Å²) in [5.74, 6) is 0. The van der Waals surface area contributed by atoms with Crippen molar-refractivity contribution in [2.45, 2.75) is 38.9 Å². The lowest BCUT2D eigenvalue weighted by molar-refractivity contribution is -0.00580. The molecule has 0 aromatic carbocycles. The fourth-order valence-corrected chi connectivity index (χ4v) is 1.62. The summed E-state index contributed by atoms with van der Waals surface area (Å²) in [6.07, 6.45) is 2.45. The Labute approximate surface area is 80.7 Å². The second-order valence-electron chi connectivity index (χ2n) is 4.04. The van der Waals surface area contributed by atoms with E-state index in [4.69, 9.17) is 4.74 Å². The van der Waals surface area contributed by atoms with Crippen molar-refractivity contribution in [3.63, 3.8) is 0 Å². The van der Waals surface area contributed by atoms with Crippen molar-refractivity contribution >= 4 is 0 Å². The van der Waals surface area contributed by atoms with Crippen LogP contribution in [-0.2, 0) is 4.74 Å². The van der Waals surface area contributed by atoms with E-state index in [0.717, 1.165) is 19.6 Å². The van der Waals surface area contributed by atoms with Gasteiger partial charge in [0.15, 0.2) is 0 Å². The molecule has 0 aromatic rings. The number of ether oxygens (including phenoxy) is 1. The lowest BCUT2D eigenvalue weighted by Gasteiger charge is -2.20. The highest BCUT2D eigenvalue weighted by atomic mass is 16.5. The number of hydrogen-bond acceptors (Lipinski definition) is 3. The van der Waals surface area contributed by atoms with Gasteiger partial charge in [-0.05, 0) is 39.8 Å². The Morgan fingerprint density at radius 1 is 1.31 bits per heavy atom. The molecule has 0 saturated carbocycles. The van der Waals surface area contributed by atoms with Gasteiger partial charge in [-0.2, -0.15) is 0 Å². The van der Waals surface area contributed by atoms with Gasteiger partial charge in [0, 0.05) is 6.54 Å². The van der Waals surface area contributed by atoms with Gasteiger partial charge < -0.3 is 14.7 Å². The molecule has 1 heterocycles. The van der Waals surface area contributed by atoms with E-state index in [9.17, 15) is 5.11 Å². The summed E-state index contributed by atoms with van der Waals surface area (Å²) >= 11 is 0. The topological polar surface area (TPSA) is 32.7 Å². The maximum absolute atomic E-state index is 9.59. The van der Waals surface area contributed by atoms with E-state index in [1.807, 2.05) is 13.8 Å². The van der Waals surface area contributed by atoms with Crippen molar-refractivity contribution in [2.75, 3.05) is 26.2 Å². The molecular formula is C10H21NO2. The summed E-state index contributed by atoms with van der Waals surface area (Å²) in [6.45, 7) is 7.49. The van der Waals surface area contributed by atoms with Crippen molar-refractivity contribution in [1.29, 1.82) is 0 Å². The maximum Gasteiger partial charge on any atom is 0.0900 e. The van der Waals surface area contributed by atoms with Crippen LogP contribution in [0.3, 0.4) is 0 Å². The Morgan fingerprint density at radius 3 is 2.46 bits per heavy atom. The van der Waals surface area contributed by atoms with Crippen molar-refractivity contribution in [1.82, 2.24) is 4.90 Å². The molecule has 1 fully saturated rings. The molecule has 0 aromatic heterocycles. The van der Waals surface area contributed by atoms with Gasteiger partial charge in [0.25, 0.3) is 0 Å². The molecule has 0 bridgehead atoms. The summed E-state index contributed by atoms with van der Waals surface area (Å²) in [5, 5.41) is 9.59. The second kappa shape index (κ2) is 5.58. The lowest BCUT2D eigenvalue weighted by Crippen LogP contribution is -2.33. The monoisotopic (exact) mass is 187 g/mol. The van der Waals surface area contributed by atoms with Gasteiger partial charge in [-0.3, -0.25) is 0 Å². The maximum atomic E-state index is 9.59. The van der Waals surface area contributed by atoms with Crippen LogP contribution in [-0.4, -0.2) is 48.5 Å². The minimum absolute atomic E-state index is 0.216. The highest BCUT2D eigenvalue weighted by Crippen LogP contribution is 2.07. The lowest BCUT2D eigenvalue weighted by atomic mass is 10.3. The van der Waals surface area contributed by atoms with Gasteiger partial charge in [0.2, 0.25) is 0 Å². The van der Waals surface area contributed by atoms with Gasteiger partial charge in [-0.1, -0.05) is 0 Å². The molecule has 3 nitrogen and oxygen atoms in total. The molecule has 1 N–H and O–H groups in total. The number of rotatable bonds is 5. The van der Waals surface area contributed by atoms with E-state index in [-0.39, 0.29) is 12.2 Å². The number of aliphatic hydroxyl groups excluding tert-OH is 1. The molecular weight excluding hydrogens is 166 g/mol. The molecule has 1 aliphatic heterocycles. The first-order chi connectivity index (χ1) is 6.18. The molecule has 1 aliphatic rings. The van der Waals surface area contributed by atoms with Crippen LogP contribution in [0.4, 0.5) is 0 Å². The molecule has 0 radical (unpaired) electrons. The Hall–Kier alpha value is -0.120. The van der Waals surface area contributed by atoms with Crippen molar-refractivity contribution < 1.29 is 9.84 Å². The predicted octanol–water partition coefficient (Wildman–Crippen LogP) is 0.868. The van der Waals surface area contributed by atoms with E-state index in [2.05, 4.69) is 4.90 Å². The summed E-state index contributed by atoms with van der Waals surface area (Å²) < 4.78 is 5.34. The first-order valence-electron chi connectivity index (χ1n) is 5.20. The van der Waals surface area contributed by atoms with Crippen LogP contribution >= 0.6 is 0 Å². The number of aliphatic hydroxyl groups is 1. The minimum Gasteiger partial charge on any atom is -0.389 e. The standard InChI is InChI=1S/C10H21NO2/c1-9(2)13-8-10(12)7-11-5-3-4-6-11/h9-10,12H,3-8H2,1-2H3/t10-/m0/s1. The Morgan fingerprint density at radius 2 is 1.92 bits per heavy atom. The molecule has 78 valence electrons. The summed E-state index contributed by atoms with van der Waals surface area (Å²) in [7, 11) is 0. The van der Waals surface area contributed by atoms with E-state index in [0.29, 0.717) is 6.61 Å². The smallest absolute Gasteiger partial charge is 0.0900 e. The third-order valence-corrected chi connectivity index (χ3v) is 2.29. The predicted molar refractivity (Wildman–Crippen MR) is 52.8 cm³/mol. The van der Waals surface area contributed by atoms with Gasteiger partial charge in [-0.15, -0.1) is 0 Å². The van der Waals surface area contributed by atoms with Gasteiger partial charge in [0.1, 0.15) is 0 Å². The van der Waals surface area contributed by atoms with Crippen LogP contribution in [0.25, 0.3) is 0 Å². The molecule has 13 heavy (non-hydrogen) atoms. The van der Waals surface area contributed by atoms with Crippen LogP contribution in [0.1, 0.15) is 26.7 Å². The second-order valence-corrected chi connectivity index (χ2v) is 4.04. The molecule has 0 spiro atoms. The Bertz CT molecular complexity index is 133. The Kier molecular flexibility index (Phi) is 4.70. The average molecular weight is 187 g/mol. The van der Waals surface area contributed by atoms with Crippen molar-refractivity contribution in [3.05, 3.63) is 0 Å². The highest BCUT2D eigenvalue weighted by Gasteiger charge is 2.15. The fraction of sp³-hybridized carbons (Fsp3) is 1.00. The molecule has 0 aliphatic carbocycles. The molecule has 0 amide bonds. The third kappa shape index (κ3) is 4.60. The van der Waals surface area contributed by atoms with Gasteiger partial charge in [0.05, 0.1) is 18.8 Å². The van der Waals surface area contributed by atoms with Crippen molar-refractivity contribution in [3.8, 4) is 0 Å². The van der Waals surface area contributed by atoms with E-state index in [1.165, 1.54) is 12.8 Å². The number of β-amino-alcohol motifs (C(OH)–C–C–N with tert-alkyl or cyclic N) is 1. The SMILES string of the molecule is CC(C)OC[C@@H](O)CN1CCCC1. The molecule has 1 rings (SSSR count). The molecule has 1 saturated heterocycles. The quantitative estimate of drug-likeness (QED) is 0.693. The van der Waals surface area contributed by atoms with Crippen LogP contribution in [0.15, 0.2) is 0 Å². The van der Waals surface area contributed by atoms with Gasteiger partial charge >= 0.3 is 0 Å². The fourth-order valence-electron chi connectivity index (χ4n) is 1.62. The largest absolute Gasteiger partial charge is 0.389 e. The molecule has 0 unspecified atom stereocenters. The van der Waals surface area contributed by atoms with E-state index >= 15 is 0 Å². The normalized spacial score (nSPS) is 21.2. The number of likely N-dealkylation sites (tertiary alicyclic amines) is 1. The zero-order valence-electron chi connectivity index (χ0n) is 8.70.